The summed E-state index contributed by atoms with van der Waals surface area (Å²) in [6.07, 6.45) is 5.20. The number of nitrogens with zero attached hydrogens (tertiary/aromatic N) is 2. The van der Waals surface area contributed by atoms with Crippen LogP contribution in [0.25, 0.3) is 10.9 Å². The van der Waals surface area contributed by atoms with Crippen LogP contribution in [0.1, 0.15) is 36.9 Å². The second kappa shape index (κ2) is 7.10. The van der Waals surface area contributed by atoms with E-state index < -0.39 is 0 Å². The lowest BCUT2D eigenvalue weighted by Crippen LogP contribution is -2.31. The highest BCUT2D eigenvalue weighted by Gasteiger charge is 2.10. The van der Waals surface area contributed by atoms with Crippen molar-refractivity contribution in [2.75, 3.05) is 26.2 Å². The number of piperidine rings is 1. The predicted octanol–water partition coefficient (Wildman–Crippen LogP) is 4.11. The van der Waals surface area contributed by atoms with Crippen LogP contribution in [-0.4, -0.2) is 36.1 Å². The fourth-order valence-corrected chi connectivity index (χ4v) is 3.26. The Labute approximate surface area is 133 Å². The van der Waals surface area contributed by atoms with Gasteiger partial charge in [-0.3, -0.25) is 4.98 Å². The van der Waals surface area contributed by atoms with Gasteiger partial charge in [0, 0.05) is 23.7 Å². The highest BCUT2D eigenvalue weighted by Crippen LogP contribution is 2.27. The van der Waals surface area contributed by atoms with Crippen molar-refractivity contribution in [2.45, 2.75) is 39.5 Å². The molecule has 0 saturated carbocycles. The number of aromatic nitrogens is 1. The van der Waals surface area contributed by atoms with Crippen molar-refractivity contribution >= 4 is 10.9 Å². The maximum atomic E-state index is 6.08. The van der Waals surface area contributed by atoms with Gasteiger partial charge in [0.15, 0.2) is 0 Å². The average molecular weight is 298 g/mol. The van der Waals surface area contributed by atoms with Crippen LogP contribution in [0.15, 0.2) is 24.3 Å². The van der Waals surface area contributed by atoms with Gasteiger partial charge in [0.2, 0.25) is 0 Å². The fourth-order valence-electron chi connectivity index (χ4n) is 3.26. The highest BCUT2D eigenvalue weighted by molar-refractivity contribution is 5.87. The van der Waals surface area contributed by atoms with Gasteiger partial charge in [0.1, 0.15) is 5.75 Å². The number of hydrogen-bond acceptors (Lipinski definition) is 3. The van der Waals surface area contributed by atoms with Crippen molar-refractivity contribution in [2.24, 2.45) is 0 Å². The zero-order valence-electron chi connectivity index (χ0n) is 13.8. The van der Waals surface area contributed by atoms with Crippen LogP contribution in [-0.2, 0) is 0 Å². The monoisotopic (exact) mass is 298 g/mol. The van der Waals surface area contributed by atoms with Crippen molar-refractivity contribution in [1.29, 1.82) is 0 Å². The Balaban J connectivity index is 1.62. The summed E-state index contributed by atoms with van der Waals surface area (Å²) < 4.78 is 6.08. The second-order valence-electron chi connectivity index (χ2n) is 6.34. The van der Waals surface area contributed by atoms with Crippen molar-refractivity contribution in [3.8, 4) is 5.75 Å². The fraction of sp³-hybridized carbons (Fsp3) is 0.526. The minimum absolute atomic E-state index is 0.781. The normalized spacial score (nSPS) is 16.1. The molecule has 118 valence electrons. The minimum atomic E-state index is 0.781. The van der Waals surface area contributed by atoms with Gasteiger partial charge in [0.05, 0.1) is 12.1 Å². The first-order chi connectivity index (χ1) is 10.7. The van der Waals surface area contributed by atoms with Crippen molar-refractivity contribution in [3.05, 3.63) is 35.5 Å². The maximum Gasteiger partial charge on any atom is 0.130 e. The van der Waals surface area contributed by atoms with Crippen LogP contribution in [0.3, 0.4) is 0 Å². The summed E-state index contributed by atoms with van der Waals surface area (Å²) in [6, 6.07) is 8.35. The Morgan fingerprint density at radius 2 is 1.95 bits per heavy atom. The molecule has 1 aliphatic rings. The molecule has 3 rings (SSSR count). The first-order valence-electron chi connectivity index (χ1n) is 8.46. The summed E-state index contributed by atoms with van der Waals surface area (Å²) >= 11 is 0. The minimum Gasteiger partial charge on any atom is -0.493 e. The van der Waals surface area contributed by atoms with E-state index in [0.29, 0.717) is 0 Å². The molecule has 1 saturated heterocycles. The molecule has 0 spiro atoms. The molecule has 3 heteroatoms. The maximum absolute atomic E-state index is 6.08. The molecule has 3 nitrogen and oxygen atoms in total. The summed E-state index contributed by atoms with van der Waals surface area (Å²) in [5.41, 5.74) is 3.29. The van der Waals surface area contributed by atoms with Crippen LogP contribution in [0.5, 0.6) is 5.75 Å². The van der Waals surface area contributed by atoms with Gasteiger partial charge in [-0.15, -0.1) is 0 Å². The van der Waals surface area contributed by atoms with E-state index in [2.05, 4.69) is 41.1 Å². The number of likely N-dealkylation sites (tertiary alicyclic amines) is 1. The third-order valence-corrected chi connectivity index (χ3v) is 4.46. The predicted molar refractivity (Wildman–Crippen MR) is 91.6 cm³/mol. The molecule has 22 heavy (non-hydrogen) atoms. The van der Waals surface area contributed by atoms with Crippen LogP contribution < -0.4 is 4.74 Å². The number of pyridine rings is 1. The van der Waals surface area contributed by atoms with Gasteiger partial charge >= 0.3 is 0 Å². The van der Waals surface area contributed by atoms with Crippen molar-refractivity contribution in [3.63, 3.8) is 0 Å². The van der Waals surface area contributed by atoms with Gasteiger partial charge < -0.3 is 9.64 Å². The number of ether oxygens (including phenoxy) is 1. The van der Waals surface area contributed by atoms with Crippen molar-refractivity contribution < 1.29 is 4.74 Å². The second-order valence-corrected chi connectivity index (χ2v) is 6.34. The largest absolute Gasteiger partial charge is 0.493 e. The SMILES string of the molecule is Cc1cc(OCCCN2CCCCC2)c2cccc(C)c2n1. The van der Waals surface area contributed by atoms with E-state index in [1.165, 1.54) is 37.9 Å². The lowest BCUT2D eigenvalue weighted by Gasteiger charge is -2.26. The van der Waals surface area contributed by atoms with Gasteiger partial charge in [-0.25, -0.2) is 0 Å². The third kappa shape index (κ3) is 3.58. The molecular weight excluding hydrogens is 272 g/mol. The summed E-state index contributed by atoms with van der Waals surface area (Å²) in [7, 11) is 0. The molecular formula is C19H26N2O. The van der Waals surface area contributed by atoms with Gasteiger partial charge in [-0.05, 0) is 57.8 Å². The van der Waals surface area contributed by atoms with E-state index in [1.54, 1.807) is 0 Å². The number of rotatable bonds is 5. The number of hydrogen-bond donors (Lipinski definition) is 0. The Morgan fingerprint density at radius 3 is 2.77 bits per heavy atom. The standard InChI is InChI=1S/C19H26N2O/c1-15-8-6-9-17-18(14-16(2)20-19(15)17)22-13-7-12-21-10-4-3-5-11-21/h6,8-9,14H,3-5,7,10-13H2,1-2H3. The van der Waals surface area contributed by atoms with Crippen molar-refractivity contribution in [1.82, 2.24) is 9.88 Å². The first kappa shape index (κ1) is 15.3. The molecule has 0 aliphatic carbocycles. The quantitative estimate of drug-likeness (QED) is 0.777. The lowest BCUT2D eigenvalue weighted by atomic mass is 10.1. The summed E-state index contributed by atoms with van der Waals surface area (Å²) in [6.45, 7) is 8.60. The molecule has 0 amide bonds. The summed E-state index contributed by atoms with van der Waals surface area (Å²) in [5, 5.41) is 1.13. The zero-order valence-corrected chi connectivity index (χ0v) is 13.8. The number of benzene rings is 1. The van der Waals surface area contributed by atoms with Gasteiger partial charge in [0.25, 0.3) is 0 Å². The van der Waals surface area contributed by atoms with Gasteiger partial charge in [-0.1, -0.05) is 18.6 Å². The molecule has 0 N–H and O–H groups in total. The molecule has 1 aliphatic heterocycles. The molecule has 1 aromatic carbocycles. The van der Waals surface area contributed by atoms with E-state index in [9.17, 15) is 0 Å². The molecule has 1 aromatic heterocycles. The van der Waals surface area contributed by atoms with E-state index >= 15 is 0 Å². The number of aryl methyl sites for hydroxylation is 2. The van der Waals surface area contributed by atoms with E-state index in [4.69, 9.17) is 4.74 Å². The van der Waals surface area contributed by atoms with Crippen LogP contribution in [0.2, 0.25) is 0 Å². The Kier molecular flexibility index (Phi) is 4.94. The molecule has 1 fully saturated rings. The Hall–Kier alpha value is -1.61. The third-order valence-electron chi connectivity index (χ3n) is 4.46. The first-order valence-corrected chi connectivity index (χ1v) is 8.46. The summed E-state index contributed by atoms with van der Waals surface area (Å²) in [4.78, 5) is 7.21. The summed E-state index contributed by atoms with van der Waals surface area (Å²) in [5.74, 6) is 0.977. The Morgan fingerprint density at radius 1 is 1.14 bits per heavy atom. The highest BCUT2D eigenvalue weighted by atomic mass is 16.5. The molecule has 0 unspecified atom stereocenters. The molecule has 0 radical (unpaired) electrons. The number of para-hydroxylation sites is 1. The van der Waals surface area contributed by atoms with E-state index in [-0.39, 0.29) is 0 Å². The zero-order chi connectivity index (χ0) is 15.4. The molecule has 0 atom stereocenters. The van der Waals surface area contributed by atoms with Gasteiger partial charge in [-0.2, -0.15) is 0 Å². The smallest absolute Gasteiger partial charge is 0.130 e. The Bertz CT molecular complexity index is 633. The number of fused-ring (bicyclic) bond motifs is 1. The van der Waals surface area contributed by atoms with E-state index in [0.717, 1.165) is 41.9 Å². The topological polar surface area (TPSA) is 25.4 Å². The van der Waals surface area contributed by atoms with Crippen LogP contribution in [0, 0.1) is 13.8 Å². The van der Waals surface area contributed by atoms with Crippen LogP contribution >= 0.6 is 0 Å². The molecule has 0 bridgehead atoms. The average Bonchev–Trinajstić information content (AvgIpc) is 2.53. The van der Waals surface area contributed by atoms with E-state index in [1.807, 2.05) is 6.92 Å². The molecule has 2 aromatic rings. The molecule has 2 heterocycles. The lowest BCUT2D eigenvalue weighted by molar-refractivity contribution is 0.205. The van der Waals surface area contributed by atoms with Crippen LogP contribution in [0.4, 0.5) is 0 Å².